The number of carbonyl (C=O) groups is 1. The van der Waals surface area contributed by atoms with Crippen LogP contribution in [0.15, 0.2) is 24.5 Å². The number of hydrogen-bond acceptors (Lipinski definition) is 3. The molecule has 0 atom stereocenters. The van der Waals surface area contributed by atoms with Crippen LogP contribution in [0.25, 0.3) is 0 Å². The summed E-state index contributed by atoms with van der Waals surface area (Å²) in [5.41, 5.74) is 1.04. The van der Waals surface area contributed by atoms with Gasteiger partial charge in [0.15, 0.2) is 0 Å². The lowest BCUT2D eigenvalue weighted by Gasteiger charge is -2.22. The zero-order valence-corrected chi connectivity index (χ0v) is 11.4. The third-order valence-electron chi connectivity index (χ3n) is 3.60. The van der Waals surface area contributed by atoms with Crippen LogP contribution in [0.4, 0.5) is 0 Å². The lowest BCUT2D eigenvalue weighted by Crippen LogP contribution is -2.34. The first-order valence-electron chi connectivity index (χ1n) is 7.23. The van der Waals surface area contributed by atoms with Crippen molar-refractivity contribution in [3.63, 3.8) is 0 Å². The molecule has 4 nitrogen and oxygen atoms in total. The quantitative estimate of drug-likeness (QED) is 0.823. The van der Waals surface area contributed by atoms with Gasteiger partial charge in [0.25, 0.3) is 0 Å². The Kier molecular flexibility index (Phi) is 5.82. The fourth-order valence-electron chi connectivity index (χ4n) is 2.49. The van der Waals surface area contributed by atoms with Crippen molar-refractivity contribution in [2.24, 2.45) is 0 Å². The first kappa shape index (κ1) is 14.0. The Bertz CT molecular complexity index is 374. The normalized spacial score (nSPS) is 16.2. The zero-order valence-electron chi connectivity index (χ0n) is 11.4. The van der Waals surface area contributed by atoms with E-state index in [0.717, 1.165) is 12.1 Å². The van der Waals surface area contributed by atoms with Gasteiger partial charge in [-0.1, -0.05) is 25.3 Å². The van der Waals surface area contributed by atoms with E-state index >= 15 is 0 Å². The molecule has 1 aromatic heterocycles. The van der Waals surface area contributed by atoms with Crippen LogP contribution in [-0.4, -0.2) is 23.5 Å². The van der Waals surface area contributed by atoms with E-state index in [1.165, 1.54) is 32.1 Å². The van der Waals surface area contributed by atoms with E-state index in [4.69, 9.17) is 0 Å². The van der Waals surface area contributed by atoms with Crippen molar-refractivity contribution < 1.29 is 4.79 Å². The molecule has 19 heavy (non-hydrogen) atoms. The van der Waals surface area contributed by atoms with E-state index in [1.54, 1.807) is 12.4 Å². The molecule has 1 saturated carbocycles. The Morgan fingerprint density at radius 1 is 1.32 bits per heavy atom. The van der Waals surface area contributed by atoms with E-state index in [0.29, 0.717) is 19.0 Å². The third kappa shape index (κ3) is 5.39. The minimum atomic E-state index is 0.104. The van der Waals surface area contributed by atoms with Crippen molar-refractivity contribution in [2.45, 2.75) is 51.1 Å². The molecular formula is C15H23N3O. The van der Waals surface area contributed by atoms with Gasteiger partial charge in [-0.05, 0) is 24.5 Å². The Hall–Kier alpha value is -1.42. The van der Waals surface area contributed by atoms with Gasteiger partial charge in [0, 0.05) is 37.9 Å². The molecule has 0 radical (unpaired) electrons. The predicted molar refractivity (Wildman–Crippen MR) is 75.6 cm³/mol. The highest BCUT2D eigenvalue weighted by atomic mass is 16.1. The maximum absolute atomic E-state index is 11.7. The molecule has 1 fully saturated rings. The smallest absolute Gasteiger partial charge is 0.221 e. The fourth-order valence-corrected chi connectivity index (χ4v) is 2.49. The van der Waals surface area contributed by atoms with Crippen molar-refractivity contribution in [2.75, 3.05) is 6.54 Å². The number of hydrogen-bond donors (Lipinski definition) is 2. The first-order chi connectivity index (χ1) is 9.34. The second-order valence-corrected chi connectivity index (χ2v) is 5.18. The lowest BCUT2D eigenvalue weighted by molar-refractivity contribution is -0.121. The van der Waals surface area contributed by atoms with Crippen molar-refractivity contribution in [1.29, 1.82) is 0 Å². The molecule has 4 heteroatoms. The number of nitrogens with zero attached hydrogens (tertiary/aromatic N) is 1. The van der Waals surface area contributed by atoms with E-state index in [2.05, 4.69) is 15.6 Å². The lowest BCUT2D eigenvalue weighted by atomic mass is 9.95. The van der Waals surface area contributed by atoms with Crippen molar-refractivity contribution in [3.05, 3.63) is 30.1 Å². The highest BCUT2D eigenvalue weighted by Gasteiger charge is 2.12. The average molecular weight is 261 g/mol. The summed E-state index contributed by atoms with van der Waals surface area (Å²) in [6, 6.07) is 4.47. The summed E-state index contributed by atoms with van der Waals surface area (Å²) in [5.74, 6) is 0.104. The number of aromatic nitrogens is 1. The Labute approximate surface area is 115 Å². The molecule has 0 spiro atoms. The van der Waals surface area contributed by atoms with Gasteiger partial charge in [-0.2, -0.15) is 0 Å². The van der Waals surface area contributed by atoms with Crippen LogP contribution >= 0.6 is 0 Å². The van der Waals surface area contributed by atoms with Crippen LogP contribution in [0.3, 0.4) is 0 Å². The van der Waals surface area contributed by atoms with Gasteiger partial charge in [0.2, 0.25) is 5.91 Å². The summed E-state index contributed by atoms with van der Waals surface area (Å²) in [4.78, 5) is 15.7. The van der Waals surface area contributed by atoms with Gasteiger partial charge in [0.05, 0.1) is 0 Å². The van der Waals surface area contributed by atoms with Crippen molar-refractivity contribution in [1.82, 2.24) is 15.6 Å². The molecule has 1 aliphatic rings. The third-order valence-corrected chi connectivity index (χ3v) is 3.60. The average Bonchev–Trinajstić information content (AvgIpc) is 2.47. The maximum atomic E-state index is 11.7. The van der Waals surface area contributed by atoms with Gasteiger partial charge >= 0.3 is 0 Å². The number of pyridine rings is 1. The summed E-state index contributed by atoms with van der Waals surface area (Å²) in [6.45, 7) is 1.35. The summed E-state index contributed by atoms with van der Waals surface area (Å²) in [7, 11) is 0. The Morgan fingerprint density at radius 2 is 2.16 bits per heavy atom. The second kappa shape index (κ2) is 7.89. The first-order valence-corrected chi connectivity index (χ1v) is 7.23. The Morgan fingerprint density at radius 3 is 2.89 bits per heavy atom. The zero-order chi connectivity index (χ0) is 13.3. The molecule has 2 N–H and O–H groups in total. The van der Waals surface area contributed by atoms with Gasteiger partial charge in [-0.15, -0.1) is 0 Å². The summed E-state index contributed by atoms with van der Waals surface area (Å²) in [5, 5.41) is 6.40. The van der Waals surface area contributed by atoms with E-state index in [9.17, 15) is 4.79 Å². The molecule has 0 aromatic carbocycles. The molecule has 1 amide bonds. The molecule has 1 aromatic rings. The molecule has 0 bridgehead atoms. The van der Waals surface area contributed by atoms with E-state index in [-0.39, 0.29) is 5.91 Å². The second-order valence-electron chi connectivity index (χ2n) is 5.18. The van der Waals surface area contributed by atoms with E-state index in [1.807, 2.05) is 12.1 Å². The summed E-state index contributed by atoms with van der Waals surface area (Å²) in [6.07, 6.45) is 10.6. The van der Waals surface area contributed by atoms with Gasteiger partial charge in [-0.3, -0.25) is 9.78 Å². The van der Waals surface area contributed by atoms with Crippen LogP contribution in [0.1, 0.15) is 44.1 Å². The molecule has 0 aliphatic heterocycles. The van der Waals surface area contributed by atoms with Gasteiger partial charge < -0.3 is 10.6 Å². The standard InChI is InChI=1S/C15H23N3O/c19-15(18-12-13-5-4-9-16-11-13)8-10-17-14-6-2-1-3-7-14/h4-5,9,11,14,17H,1-3,6-8,10,12H2,(H,18,19). The van der Waals surface area contributed by atoms with Crippen molar-refractivity contribution in [3.8, 4) is 0 Å². The monoisotopic (exact) mass is 261 g/mol. The highest BCUT2D eigenvalue weighted by Crippen LogP contribution is 2.17. The Balaban J connectivity index is 1.57. The number of nitrogens with one attached hydrogen (secondary N) is 2. The summed E-state index contributed by atoms with van der Waals surface area (Å²) < 4.78 is 0. The molecule has 0 unspecified atom stereocenters. The van der Waals surface area contributed by atoms with Crippen LogP contribution in [0, 0.1) is 0 Å². The minimum absolute atomic E-state index is 0.104. The number of carbonyl (C=O) groups excluding carboxylic acids is 1. The SMILES string of the molecule is O=C(CCNC1CCCCC1)NCc1cccnc1. The van der Waals surface area contributed by atoms with Crippen LogP contribution in [-0.2, 0) is 11.3 Å². The van der Waals surface area contributed by atoms with Crippen LogP contribution < -0.4 is 10.6 Å². The van der Waals surface area contributed by atoms with Crippen LogP contribution in [0.2, 0.25) is 0 Å². The molecule has 2 rings (SSSR count). The fraction of sp³-hybridized carbons (Fsp3) is 0.600. The number of amides is 1. The van der Waals surface area contributed by atoms with Crippen molar-refractivity contribution >= 4 is 5.91 Å². The molecule has 1 aliphatic carbocycles. The maximum Gasteiger partial charge on any atom is 0.221 e. The van der Waals surface area contributed by atoms with Gasteiger partial charge in [0.1, 0.15) is 0 Å². The predicted octanol–water partition coefficient (Wildman–Crippen LogP) is 2.01. The topological polar surface area (TPSA) is 54.0 Å². The largest absolute Gasteiger partial charge is 0.352 e. The summed E-state index contributed by atoms with van der Waals surface area (Å²) >= 11 is 0. The molecular weight excluding hydrogens is 238 g/mol. The van der Waals surface area contributed by atoms with Crippen LogP contribution in [0.5, 0.6) is 0 Å². The highest BCUT2D eigenvalue weighted by molar-refractivity contribution is 5.76. The number of rotatable bonds is 6. The molecule has 1 heterocycles. The molecule has 104 valence electrons. The van der Waals surface area contributed by atoms with E-state index < -0.39 is 0 Å². The van der Waals surface area contributed by atoms with Gasteiger partial charge in [-0.25, -0.2) is 0 Å². The molecule has 0 saturated heterocycles. The minimum Gasteiger partial charge on any atom is -0.352 e.